The van der Waals surface area contributed by atoms with Crippen molar-refractivity contribution in [2.75, 3.05) is 22.0 Å². The van der Waals surface area contributed by atoms with Gasteiger partial charge in [0.15, 0.2) is 5.82 Å². The van der Waals surface area contributed by atoms with E-state index < -0.39 is 16.1 Å². The number of hydrogen-bond donors (Lipinski definition) is 3. The molecule has 2 aromatic heterocycles. The van der Waals surface area contributed by atoms with E-state index in [1.165, 1.54) is 6.20 Å². The Morgan fingerprint density at radius 3 is 2.55 bits per heavy atom. The summed E-state index contributed by atoms with van der Waals surface area (Å²) in [5.41, 5.74) is 6.87. The predicted octanol–water partition coefficient (Wildman–Crippen LogP) is 3.56. The number of hydrogen-bond acceptors (Lipinski definition) is 7. The summed E-state index contributed by atoms with van der Waals surface area (Å²) in [6.07, 6.45) is 2.31. The second-order valence-electron chi connectivity index (χ2n) is 7.48. The van der Waals surface area contributed by atoms with Gasteiger partial charge in [-0.1, -0.05) is 41.9 Å². The minimum atomic E-state index is -3.59. The lowest BCUT2D eigenvalue weighted by molar-refractivity contribution is 0.606. The third kappa shape index (κ3) is 4.76. The van der Waals surface area contributed by atoms with E-state index in [1.54, 1.807) is 16.7 Å². The summed E-state index contributed by atoms with van der Waals surface area (Å²) < 4.78 is 27.5. The molecule has 0 aliphatic carbocycles. The molecule has 4 N–H and O–H groups in total. The summed E-state index contributed by atoms with van der Waals surface area (Å²) in [6, 6.07) is 15.8. The monoisotopic (exact) mass is 484 g/mol. The second-order valence-corrected chi connectivity index (χ2v) is 9.64. The standard InChI is InChI=1S/C22H21ClN6O3S/c1-13(26-20-17(28-33(2,31)32)12-25-22(24)27-20)18-11-14-7-6-10-16(23)19(14)21(30)29(18)15-8-4-3-5-9-15/h3-13,28H,1-2H3,(H3,24,25,26,27). The zero-order valence-electron chi connectivity index (χ0n) is 17.8. The van der Waals surface area contributed by atoms with E-state index in [4.69, 9.17) is 17.3 Å². The highest BCUT2D eigenvalue weighted by molar-refractivity contribution is 7.92. The number of nitrogens with two attached hydrogens (primary N) is 1. The summed E-state index contributed by atoms with van der Waals surface area (Å²) >= 11 is 6.36. The first-order valence-corrected chi connectivity index (χ1v) is 12.2. The number of aromatic nitrogens is 3. The van der Waals surface area contributed by atoms with Gasteiger partial charge in [0.25, 0.3) is 5.56 Å². The number of benzene rings is 2. The Labute approximate surface area is 195 Å². The molecule has 0 aliphatic heterocycles. The van der Waals surface area contributed by atoms with E-state index in [9.17, 15) is 13.2 Å². The topological polar surface area (TPSA) is 132 Å². The quantitative estimate of drug-likeness (QED) is 0.381. The van der Waals surface area contributed by atoms with E-state index in [0.717, 1.165) is 6.26 Å². The molecule has 0 radical (unpaired) electrons. The van der Waals surface area contributed by atoms with Crippen LogP contribution in [-0.2, 0) is 10.0 Å². The van der Waals surface area contributed by atoms with E-state index >= 15 is 0 Å². The summed E-state index contributed by atoms with van der Waals surface area (Å²) in [4.78, 5) is 21.6. The van der Waals surface area contributed by atoms with Crippen LogP contribution in [0.25, 0.3) is 16.5 Å². The first-order valence-electron chi connectivity index (χ1n) is 9.90. The van der Waals surface area contributed by atoms with Crippen molar-refractivity contribution in [3.05, 3.63) is 81.9 Å². The fourth-order valence-corrected chi connectivity index (χ4v) is 4.37. The Morgan fingerprint density at radius 2 is 1.85 bits per heavy atom. The van der Waals surface area contributed by atoms with Crippen molar-refractivity contribution >= 4 is 49.9 Å². The molecule has 1 unspecified atom stereocenters. The van der Waals surface area contributed by atoms with Crippen LogP contribution >= 0.6 is 11.6 Å². The molecular weight excluding hydrogens is 464 g/mol. The van der Waals surface area contributed by atoms with Crippen molar-refractivity contribution in [1.82, 2.24) is 14.5 Å². The van der Waals surface area contributed by atoms with Crippen LogP contribution in [0.15, 0.2) is 65.6 Å². The fourth-order valence-electron chi connectivity index (χ4n) is 3.56. The molecule has 0 bridgehead atoms. The van der Waals surface area contributed by atoms with E-state index in [-0.39, 0.29) is 23.0 Å². The number of para-hydroxylation sites is 1. The Bertz CT molecular complexity index is 1510. The lowest BCUT2D eigenvalue weighted by Crippen LogP contribution is -2.26. The lowest BCUT2D eigenvalue weighted by atomic mass is 10.1. The maximum atomic E-state index is 13.5. The van der Waals surface area contributed by atoms with Crippen LogP contribution in [0.5, 0.6) is 0 Å². The first-order chi connectivity index (χ1) is 15.6. The lowest BCUT2D eigenvalue weighted by Gasteiger charge is -2.22. The number of sulfonamides is 1. The molecule has 0 saturated carbocycles. The van der Waals surface area contributed by atoms with Gasteiger partial charge < -0.3 is 11.1 Å². The molecule has 0 saturated heterocycles. The van der Waals surface area contributed by atoms with Crippen LogP contribution in [0, 0.1) is 0 Å². The largest absolute Gasteiger partial charge is 0.368 e. The molecular formula is C22H21ClN6O3S. The van der Waals surface area contributed by atoms with Gasteiger partial charge in [-0.05, 0) is 36.6 Å². The van der Waals surface area contributed by atoms with Gasteiger partial charge in [-0.25, -0.2) is 13.4 Å². The van der Waals surface area contributed by atoms with Crippen molar-refractivity contribution in [1.29, 1.82) is 0 Å². The Morgan fingerprint density at radius 1 is 1.12 bits per heavy atom. The molecule has 2 aromatic carbocycles. The maximum absolute atomic E-state index is 13.5. The fraction of sp³-hybridized carbons (Fsp3) is 0.136. The number of nitrogens with zero attached hydrogens (tertiary/aromatic N) is 3. The number of rotatable bonds is 6. The van der Waals surface area contributed by atoms with Crippen molar-refractivity contribution < 1.29 is 8.42 Å². The normalized spacial score (nSPS) is 12.5. The molecule has 9 nitrogen and oxygen atoms in total. The zero-order valence-corrected chi connectivity index (χ0v) is 19.4. The third-order valence-corrected chi connectivity index (χ3v) is 5.84. The summed E-state index contributed by atoms with van der Waals surface area (Å²) in [6.45, 7) is 1.83. The molecule has 170 valence electrons. The Kier molecular flexibility index (Phi) is 5.96. The van der Waals surface area contributed by atoms with Gasteiger partial charge >= 0.3 is 0 Å². The van der Waals surface area contributed by atoms with Crippen LogP contribution in [-0.4, -0.2) is 29.2 Å². The average Bonchev–Trinajstić information content (AvgIpc) is 2.75. The summed E-state index contributed by atoms with van der Waals surface area (Å²) in [7, 11) is -3.59. The Balaban J connectivity index is 1.89. The molecule has 1 atom stereocenters. The zero-order chi connectivity index (χ0) is 23.8. The van der Waals surface area contributed by atoms with Gasteiger partial charge in [-0.15, -0.1) is 0 Å². The van der Waals surface area contributed by atoms with Crippen LogP contribution < -0.4 is 21.3 Å². The Hall–Kier alpha value is -3.63. The van der Waals surface area contributed by atoms with Crippen molar-refractivity contribution in [3.63, 3.8) is 0 Å². The molecule has 0 aliphatic rings. The molecule has 2 heterocycles. The molecule has 11 heteroatoms. The highest BCUT2D eigenvalue weighted by Crippen LogP contribution is 2.29. The smallest absolute Gasteiger partial charge is 0.264 e. The number of pyridine rings is 1. The summed E-state index contributed by atoms with van der Waals surface area (Å²) in [5, 5.41) is 4.60. The molecule has 33 heavy (non-hydrogen) atoms. The average molecular weight is 485 g/mol. The number of nitrogens with one attached hydrogen (secondary N) is 2. The van der Waals surface area contributed by atoms with Gasteiger partial charge in [0, 0.05) is 11.4 Å². The molecule has 0 spiro atoms. The number of fused-ring (bicyclic) bond motifs is 1. The van der Waals surface area contributed by atoms with Crippen LogP contribution in [0.2, 0.25) is 5.02 Å². The third-order valence-electron chi connectivity index (χ3n) is 4.94. The van der Waals surface area contributed by atoms with Crippen LogP contribution in [0.3, 0.4) is 0 Å². The first kappa shape index (κ1) is 22.6. The van der Waals surface area contributed by atoms with Gasteiger partial charge in [0.2, 0.25) is 16.0 Å². The van der Waals surface area contributed by atoms with Gasteiger partial charge in [-0.3, -0.25) is 14.1 Å². The van der Waals surface area contributed by atoms with Gasteiger partial charge in [-0.2, -0.15) is 4.98 Å². The predicted molar refractivity (Wildman–Crippen MR) is 132 cm³/mol. The summed E-state index contributed by atoms with van der Waals surface area (Å²) in [5.74, 6) is 0.146. The molecule has 0 fully saturated rings. The van der Waals surface area contributed by atoms with Crippen molar-refractivity contribution in [3.8, 4) is 5.69 Å². The number of anilines is 3. The molecule has 4 aromatic rings. The maximum Gasteiger partial charge on any atom is 0.264 e. The van der Waals surface area contributed by atoms with E-state index in [0.29, 0.717) is 27.2 Å². The minimum Gasteiger partial charge on any atom is -0.368 e. The van der Waals surface area contributed by atoms with E-state index in [1.807, 2.05) is 49.4 Å². The molecule has 4 rings (SSSR count). The van der Waals surface area contributed by atoms with Crippen LogP contribution in [0.1, 0.15) is 18.7 Å². The van der Waals surface area contributed by atoms with Crippen molar-refractivity contribution in [2.24, 2.45) is 0 Å². The van der Waals surface area contributed by atoms with Gasteiger partial charge in [0.1, 0.15) is 5.69 Å². The second kappa shape index (κ2) is 8.72. The SMILES string of the molecule is CC(Nc1nc(N)ncc1NS(C)(=O)=O)c1cc2cccc(Cl)c2c(=O)n1-c1ccccc1. The van der Waals surface area contributed by atoms with E-state index in [2.05, 4.69) is 20.0 Å². The highest BCUT2D eigenvalue weighted by Gasteiger charge is 2.20. The highest BCUT2D eigenvalue weighted by atomic mass is 35.5. The molecule has 0 amide bonds. The minimum absolute atomic E-state index is 0.0329. The number of nitrogen functional groups attached to an aromatic ring is 1. The van der Waals surface area contributed by atoms with Crippen LogP contribution in [0.4, 0.5) is 17.5 Å². The van der Waals surface area contributed by atoms with Crippen molar-refractivity contribution in [2.45, 2.75) is 13.0 Å². The van der Waals surface area contributed by atoms with Gasteiger partial charge in [0.05, 0.1) is 28.9 Å². The number of halogens is 1.